The molecule has 1 aromatic carbocycles. The second-order valence-electron chi connectivity index (χ2n) is 7.26. The Hall–Kier alpha value is -2.17. The molecule has 1 fully saturated rings. The molecule has 4 rings (SSSR count). The summed E-state index contributed by atoms with van der Waals surface area (Å²) in [7, 11) is 0. The largest absolute Gasteiger partial charge is 0.353 e. The summed E-state index contributed by atoms with van der Waals surface area (Å²) in [5.74, 6) is 0.937. The molecule has 2 aliphatic rings. The molecule has 1 saturated carbocycles. The number of aromatic nitrogens is 2. The summed E-state index contributed by atoms with van der Waals surface area (Å²) in [5.41, 5.74) is 1.90. The van der Waals surface area contributed by atoms with Crippen molar-refractivity contribution in [3.8, 4) is 11.3 Å². The fourth-order valence-electron chi connectivity index (χ4n) is 4.06. The standard InChI is InChI=1S/C20H24FN3O/c21-16-9-6-14(7-10-16)18-12-22-19-11-8-15(13-24(18)19)20(25)23-17-4-2-1-3-5-17/h6-7,9-10,12,15,17H,1-5,8,11,13H2,(H,23,25). The molecular weight excluding hydrogens is 317 g/mol. The summed E-state index contributed by atoms with van der Waals surface area (Å²) in [5, 5.41) is 3.26. The van der Waals surface area contributed by atoms with Gasteiger partial charge in [0, 0.05) is 19.0 Å². The van der Waals surface area contributed by atoms with Crippen LogP contribution < -0.4 is 5.32 Å². The average Bonchev–Trinajstić information content (AvgIpc) is 3.06. The number of rotatable bonds is 3. The van der Waals surface area contributed by atoms with Crippen molar-refractivity contribution in [1.82, 2.24) is 14.9 Å². The van der Waals surface area contributed by atoms with E-state index in [0.29, 0.717) is 12.6 Å². The van der Waals surface area contributed by atoms with Crippen LogP contribution in [0.15, 0.2) is 30.5 Å². The predicted molar refractivity (Wildman–Crippen MR) is 94.4 cm³/mol. The van der Waals surface area contributed by atoms with Gasteiger partial charge in [0.15, 0.2) is 0 Å². The summed E-state index contributed by atoms with van der Waals surface area (Å²) in [6.07, 6.45) is 9.43. The molecule has 0 radical (unpaired) electrons. The van der Waals surface area contributed by atoms with Gasteiger partial charge >= 0.3 is 0 Å². The number of halogens is 1. The van der Waals surface area contributed by atoms with Crippen molar-refractivity contribution < 1.29 is 9.18 Å². The number of benzene rings is 1. The average molecular weight is 341 g/mol. The van der Waals surface area contributed by atoms with Crippen molar-refractivity contribution in [2.45, 2.75) is 57.5 Å². The molecule has 1 N–H and O–H groups in total. The lowest BCUT2D eigenvalue weighted by atomic mass is 9.93. The van der Waals surface area contributed by atoms with Crippen LogP contribution in [-0.2, 0) is 17.8 Å². The molecule has 5 heteroatoms. The Kier molecular flexibility index (Phi) is 4.55. The summed E-state index contributed by atoms with van der Waals surface area (Å²) < 4.78 is 15.3. The summed E-state index contributed by atoms with van der Waals surface area (Å²) in [6.45, 7) is 0.653. The van der Waals surface area contributed by atoms with Crippen molar-refractivity contribution in [3.05, 3.63) is 42.1 Å². The van der Waals surface area contributed by atoms with Crippen molar-refractivity contribution >= 4 is 5.91 Å². The number of nitrogens with one attached hydrogen (secondary N) is 1. The first kappa shape index (κ1) is 16.3. The van der Waals surface area contributed by atoms with Gasteiger partial charge in [-0.05, 0) is 49.1 Å². The van der Waals surface area contributed by atoms with Crippen molar-refractivity contribution in [2.24, 2.45) is 5.92 Å². The molecule has 1 aliphatic heterocycles. The Bertz CT molecular complexity index is 747. The molecule has 4 nitrogen and oxygen atoms in total. The minimum Gasteiger partial charge on any atom is -0.353 e. The van der Waals surface area contributed by atoms with E-state index in [9.17, 15) is 9.18 Å². The third kappa shape index (κ3) is 3.46. The van der Waals surface area contributed by atoms with Gasteiger partial charge in [-0.1, -0.05) is 19.3 Å². The van der Waals surface area contributed by atoms with Crippen LogP contribution in [0.4, 0.5) is 4.39 Å². The molecule has 1 amide bonds. The van der Waals surface area contributed by atoms with Gasteiger partial charge in [-0.3, -0.25) is 4.79 Å². The molecule has 0 saturated heterocycles. The third-order valence-electron chi connectivity index (χ3n) is 5.52. The molecule has 0 bridgehead atoms. The van der Waals surface area contributed by atoms with Crippen LogP contribution in [0.1, 0.15) is 44.3 Å². The Balaban J connectivity index is 1.49. The van der Waals surface area contributed by atoms with Gasteiger partial charge in [0.2, 0.25) is 5.91 Å². The molecule has 1 unspecified atom stereocenters. The normalized spacial score (nSPS) is 20.9. The Labute approximate surface area is 147 Å². The lowest BCUT2D eigenvalue weighted by Crippen LogP contribution is -2.42. The molecular formula is C20H24FN3O. The number of aryl methyl sites for hydroxylation is 1. The summed E-state index contributed by atoms with van der Waals surface area (Å²) in [4.78, 5) is 17.2. The fourth-order valence-corrected chi connectivity index (χ4v) is 4.06. The summed E-state index contributed by atoms with van der Waals surface area (Å²) in [6, 6.07) is 6.81. The van der Waals surface area contributed by atoms with Gasteiger partial charge in [-0.15, -0.1) is 0 Å². The number of imidazole rings is 1. The molecule has 132 valence electrons. The highest BCUT2D eigenvalue weighted by Gasteiger charge is 2.28. The number of carbonyl (C=O) groups excluding carboxylic acids is 1. The van der Waals surface area contributed by atoms with Gasteiger partial charge < -0.3 is 9.88 Å². The molecule has 2 aromatic rings. The number of hydrogen-bond acceptors (Lipinski definition) is 2. The van der Waals surface area contributed by atoms with Gasteiger partial charge in [0.05, 0.1) is 17.8 Å². The number of hydrogen-bond donors (Lipinski definition) is 1. The van der Waals surface area contributed by atoms with Gasteiger partial charge in [-0.25, -0.2) is 9.37 Å². The van der Waals surface area contributed by atoms with Crippen LogP contribution >= 0.6 is 0 Å². The van der Waals surface area contributed by atoms with Crippen molar-refractivity contribution in [3.63, 3.8) is 0 Å². The maximum absolute atomic E-state index is 13.2. The van der Waals surface area contributed by atoms with Crippen molar-refractivity contribution in [1.29, 1.82) is 0 Å². The van der Waals surface area contributed by atoms with Crippen LogP contribution in [-0.4, -0.2) is 21.5 Å². The SMILES string of the molecule is O=C(NC1CCCCC1)C1CCc2ncc(-c3ccc(F)cc3)n2C1. The first-order valence-corrected chi connectivity index (χ1v) is 9.31. The molecule has 1 aromatic heterocycles. The van der Waals surface area contributed by atoms with E-state index in [1.807, 2.05) is 6.20 Å². The minimum absolute atomic E-state index is 0.0113. The highest BCUT2D eigenvalue weighted by Crippen LogP contribution is 2.28. The highest BCUT2D eigenvalue weighted by atomic mass is 19.1. The van der Waals surface area contributed by atoms with E-state index in [1.165, 1.54) is 31.4 Å². The minimum atomic E-state index is -0.244. The number of carbonyl (C=O) groups is 1. The quantitative estimate of drug-likeness (QED) is 0.925. The molecule has 1 aliphatic carbocycles. The highest BCUT2D eigenvalue weighted by molar-refractivity contribution is 5.79. The smallest absolute Gasteiger partial charge is 0.225 e. The van der Waals surface area contributed by atoms with Crippen LogP contribution in [0, 0.1) is 11.7 Å². The molecule has 1 atom stereocenters. The monoisotopic (exact) mass is 341 g/mol. The second kappa shape index (κ2) is 6.98. The number of fused-ring (bicyclic) bond motifs is 1. The van der Waals surface area contributed by atoms with E-state index in [-0.39, 0.29) is 17.6 Å². The van der Waals surface area contributed by atoms with E-state index in [4.69, 9.17) is 0 Å². The van der Waals surface area contributed by atoms with Crippen LogP contribution in [0.3, 0.4) is 0 Å². The first-order chi connectivity index (χ1) is 12.2. The predicted octanol–water partition coefficient (Wildman–Crippen LogP) is 3.70. The molecule has 0 spiro atoms. The van der Waals surface area contributed by atoms with E-state index in [2.05, 4.69) is 14.9 Å². The third-order valence-corrected chi connectivity index (χ3v) is 5.52. The Morgan fingerprint density at radius 3 is 2.64 bits per heavy atom. The van der Waals surface area contributed by atoms with E-state index < -0.39 is 0 Å². The lowest BCUT2D eigenvalue weighted by Gasteiger charge is -2.28. The zero-order valence-corrected chi connectivity index (χ0v) is 14.4. The van der Waals surface area contributed by atoms with Gasteiger partial charge in [-0.2, -0.15) is 0 Å². The van der Waals surface area contributed by atoms with Crippen LogP contribution in [0.25, 0.3) is 11.3 Å². The Morgan fingerprint density at radius 1 is 1.12 bits per heavy atom. The maximum atomic E-state index is 13.2. The first-order valence-electron chi connectivity index (χ1n) is 9.31. The van der Waals surface area contributed by atoms with E-state index in [0.717, 1.165) is 42.8 Å². The number of amides is 1. The van der Waals surface area contributed by atoms with Gasteiger partial charge in [0.1, 0.15) is 11.6 Å². The van der Waals surface area contributed by atoms with Crippen LogP contribution in [0.2, 0.25) is 0 Å². The molecule has 25 heavy (non-hydrogen) atoms. The van der Waals surface area contributed by atoms with E-state index in [1.54, 1.807) is 12.1 Å². The Morgan fingerprint density at radius 2 is 1.88 bits per heavy atom. The maximum Gasteiger partial charge on any atom is 0.225 e. The topological polar surface area (TPSA) is 46.9 Å². The fraction of sp³-hybridized carbons (Fsp3) is 0.500. The van der Waals surface area contributed by atoms with E-state index >= 15 is 0 Å². The zero-order chi connectivity index (χ0) is 17.2. The van der Waals surface area contributed by atoms with Gasteiger partial charge in [0.25, 0.3) is 0 Å². The number of nitrogens with zero attached hydrogens (tertiary/aromatic N) is 2. The second-order valence-corrected chi connectivity index (χ2v) is 7.26. The van der Waals surface area contributed by atoms with Crippen LogP contribution in [0.5, 0.6) is 0 Å². The lowest BCUT2D eigenvalue weighted by molar-refractivity contribution is -0.126. The summed E-state index contributed by atoms with van der Waals surface area (Å²) >= 11 is 0. The molecule has 2 heterocycles. The van der Waals surface area contributed by atoms with Crippen molar-refractivity contribution in [2.75, 3.05) is 0 Å². The zero-order valence-electron chi connectivity index (χ0n) is 14.4.